The summed E-state index contributed by atoms with van der Waals surface area (Å²) in [5, 5.41) is 3.47. The molecule has 1 aromatic rings. The van der Waals surface area contributed by atoms with E-state index in [1.54, 1.807) is 0 Å². The number of halogens is 1. The summed E-state index contributed by atoms with van der Waals surface area (Å²) in [5.74, 6) is -0.172. The van der Waals surface area contributed by atoms with Gasteiger partial charge in [0.15, 0.2) is 0 Å². The van der Waals surface area contributed by atoms with Gasteiger partial charge in [-0.25, -0.2) is 4.39 Å². The van der Waals surface area contributed by atoms with Crippen molar-refractivity contribution in [3.8, 4) is 0 Å². The lowest BCUT2D eigenvalue weighted by atomic mass is 10.2. The summed E-state index contributed by atoms with van der Waals surface area (Å²) in [4.78, 5) is 4.66. The molecule has 0 saturated heterocycles. The van der Waals surface area contributed by atoms with E-state index in [1.807, 2.05) is 12.1 Å². The van der Waals surface area contributed by atoms with Crippen LogP contribution >= 0.6 is 0 Å². The molecular weight excluding hydrogens is 253 g/mol. The molecular formula is C16H28FN3. The van der Waals surface area contributed by atoms with E-state index in [9.17, 15) is 4.39 Å². The van der Waals surface area contributed by atoms with E-state index in [0.717, 1.165) is 51.4 Å². The van der Waals surface area contributed by atoms with Crippen LogP contribution in [0.3, 0.4) is 0 Å². The zero-order chi connectivity index (χ0) is 14.8. The molecule has 0 aliphatic carbocycles. The molecule has 0 heterocycles. The molecule has 4 heteroatoms. The Morgan fingerprint density at radius 3 is 2.20 bits per heavy atom. The minimum atomic E-state index is -0.172. The molecule has 0 atom stereocenters. The van der Waals surface area contributed by atoms with Crippen molar-refractivity contribution in [1.29, 1.82) is 0 Å². The lowest BCUT2D eigenvalue weighted by Gasteiger charge is -2.20. The lowest BCUT2D eigenvalue weighted by Crippen LogP contribution is -2.35. The molecule has 1 rings (SSSR count). The van der Waals surface area contributed by atoms with Crippen LogP contribution in [0.1, 0.15) is 19.4 Å². The minimum absolute atomic E-state index is 0.172. The summed E-state index contributed by atoms with van der Waals surface area (Å²) in [6, 6.07) is 6.73. The molecule has 1 N–H and O–H groups in total. The van der Waals surface area contributed by atoms with E-state index in [1.165, 1.54) is 12.1 Å². The van der Waals surface area contributed by atoms with Crippen molar-refractivity contribution in [2.24, 2.45) is 0 Å². The molecule has 0 aliphatic heterocycles. The monoisotopic (exact) mass is 281 g/mol. The van der Waals surface area contributed by atoms with Gasteiger partial charge in [-0.15, -0.1) is 0 Å². The van der Waals surface area contributed by atoms with E-state index in [2.05, 4.69) is 36.0 Å². The summed E-state index contributed by atoms with van der Waals surface area (Å²) >= 11 is 0. The normalized spacial score (nSPS) is 11.5. The quantitative estimate of drug-likeness (QED) is 0.663. The van der Waals surface area contributed by atoms with E-state index in [0.29, 0.717) is 0 Å². The molecule has 0 fully saturated rings. The second kappa shape index (κ2) is 9.86. The van der Waals surface area contributed by atoms with Crippen LogP contribution in [0, 0.1) is 5.82 Å². The fourth-order valence-electron chi connectivity index (χ4n) is 2.15. The zero-order valence-corrected chi connectivity index (χ0v) is 13.0. The number of rotatable bonds is 10. The molecule has 114 valence electrons. The second-order valence-electron chi connectivity index (χ2n) is 5.14. The highest BCUT2D eigenvalue weighted by Crippen LogP contribution is 2.04. The van der Waals surface area contributed by atoms with Crippen molar-refractivity contribution in [2.45, 2.75) is 20.4 Å². The average molecular weight is 281 g/mol. The maximum Gasteiger partial charge on any atom is 0.123 e. The van der Waals surface area contributed by atoms with Crippen LogP contribution in [0.25, 0.3) is 0 Å². The molecule has 0 amide bonds. The number of nitrogens with one attached hydrogen (secondary N) is 1. The SMILES string of the molecule is CCN(CC)CCNCCN(C)Cc1ccc(F)cc1. The summed E-state index contributed by atoms with van der Waals surface area (Å²) in [6.45, 7) is 11.6. The van der Waals surface area contributed by atoms with Crippen molar-refractivity contribution < 1.29 is 4.39 Å². The number of hydrogen-bond donors (Lipinski definition) is 1. The summed E-state index contributed by atoms with van der Waals surface area (Å²) < 4.78 is 12.8. The first-order valence-corrected chi connectivity index (χ1v) is 7.51. The van der Waals surface area contributed by atoms with Crippen LogP contribution in [-0.4, -0.2) is 56.1 Å². The lowest BCUT2D eigenvalue weighted by molar-refractivity contribution is 0.291. The highest BCUT2D eigenvalue weighted by atomic mass is 19.1. The molecule has 1 aromatic carbocycles. The molecule has 0 spiro atoms. The Morgan fingerprint density at radius 1 is 1.00 bits per heavy atom. The van der Waals surface area contributed by atoms with Crippen LogP contribution in [0.2, 0.25) is 0 Å². The van der Waals surface area contributed by atoms with Gasteiger partial charge in [0.05, 0.1) is 0 Å². The third-order valence-corrected chi connectivity index (χ3v) is 3.54. The fraction of sp³-hybridized carbons (Fsp3) is 0.625. The largest absolute Gasteiger partial charge is 0.314 e. The Bertz CT molecular complexity index is 349. The van der Waals surface area contributed by atoms with Crippen molar-refractivity contribution in [1.82, 2.24) is 15.1 Å². The first-order valence-electron chi connectivity index (χ1n) is 7.51. The second-order valence-corrected chi connectivity index (χ2v) is 5.14. The first kappa shape index (κ1) is 17.1. The Hall–Kier alpha value is -0.970. The number of hydrogen-bond acceptors (Lipinski definition) is 3. The summed E-state index contributed by atoms with van der Waals surface area (Å²) in [6.07, 6.45) is 0. The first-order chi connectivity index (χ1) is 9.65. The van der Waals surface area contributed by atoms with E-state index < -0.39 is 0 Å². The van der Waals surface area contributed by atoms with E-state index in [4.69, 9.17) is 0 Å². The van der Waals surface area contributed by atoms with Crippen LogP contribution < -0.4 is 5.32 Å². The molecule has 0 radical (unpaired) electrons. The maximum atomic E-state index is 12.8. The van der Waals surface area contributed by atoms with Crippen molar-refractivity contribution >= 4 is 0 Å². The predicted octanol–water partition coefficient (Wildman–Crippen LogP) is 2.19. The Balaban J connectivity index is 2.11. The standard InChI is InChI=1S/C16H28FN3/c1-4-20(5-2)13-11-18-10-12-19(3)14-15-6-8-16(17)9-7-15/h6-9,18H,4-5,10-14H2,1-3H3. The van der Waals surface area contributed by atoms with E-state index in [-0.39, 0.29) is 5.82 Å². The van der Waals surface area contributed by atoms with Crippen molar-refractivity contribution in [2.75, 3.05) is 46.3 Å². The fourth-order valence-corrected chi connectivity index (χ4v) is 2.15. The molecule has 3 nitrogen and oxygen atoms in total. The van der Waals surface area contributed by atoms with Gasteiger partial charge in [0.1, 0.15) is 5.82 Å². The number of benzene rings is 1. The topological polar surface area (TPSA) is 18.5 Å². The van der Waals surface area contributed by atoms with Gasteiger partial charge in [-0.2, -0.15) is 0 Å². The van der Waals surface area contributed by atoms with Crippen molar-refractivity contribution in [3.63, 3.8) is 0 Å². The van der Waals surface area contributed by atoms with E-state index >= 15 is 0 Å². The minimum Gasteiger partial charge on any atom is -0.314 e. The van der Waals surface area contributed by atoms with Gasteiger partial charge in [0.2, 0.25) is 0 Å². The van der Waals surface area contributed by atoms with Crippen LogP contribution in [-0.2, 0) is 6.54 Å². The number of likely N-dealkylation sites (N-methyl/N-ethyl adjacent to an activating group) is 2. The third-order valence-electron chi connectivity index (χ3n) is 3.54. The average Bonchev–Trinajstić information content (AvgIpc) is 2.45. The van der Waals surface area contributed by atoms with Gasteiger partial charge in [0, 0.05) is 32.7 Å². The smallest absolute Gasteiger partial charge is 0.123 e. The van der Waals surface area contributed by atoms with Gasteiger partial charge in [0.25, 0.3) is 0 Å². The molecule has 0 aromatic heterocycles. The predicted molar refractivity (Wildman–Crippen MR) is 83.4 cm³/mol. The molecule has 0 saturated carbocycles. The van der Waals surface area contributed by atoms with Gasteiger partial charge in [-0.05, 0) is 37.8 Å². The number of nitrogens with zero attached hydrogens (tertiary/aromatic N) is 2. The highest BCUT2D eigenvalue weighted by molar-refractivity contribution is 5.15. The van der Waals surface area contributed by atoms with Gasteiger partial charge in [-0.3, -0.25) is 0 Å². The molecule has 0 aliphatic rings. The Labute approximate surface area is 122 Å². The molecule has 20 heavy (non-hydrogen) atoms. The van der Waals surface area contributed by atoms with Gasteiger partial charge < -0.3 is 15.1 Å². The molecule has 0 bridgehead atoms. The third kappa shape index (κ3) is 6.98. The van der Waals surface area contributed by atoms with Gasteiger partial charge in [-0.1, -0.05) is 26.0 Å². The van der Waals surface area contributed by atoms with Crippen molar-refractivity contribution in [3.05, 3.63) is 35.6 Å². The summed E-state index contributed by atoms with van der Waals surface area (Å²) in [7, 11) is 2.09. The van der Waals surface area contributed by atoms with Crippen LogP contribution in [0.4, 0.5) is 4.39 Å². The highest BCUT2D eigenvalue weighted by Gasteiger charge is 2.01. The summed E-state index contributed by atoms with van der Waals surface area (Å²) in [5.41, 5.74) is 1.15. The molecule has 0 unspecified atom stereocenters. The van der Waals surface area contributed by atoms with Gasteiger partial charge >= 0.3 is 0 Å². The zero-order valence-electron chi connectivity index (χ0n) is 13.0. The van der Waals surface area contributed by atoms with Crippen LogP contribution in [0.15, 0.2) is 24.3 Å². The Kier molecular flexibility index (Phi) is 8.42. The Morgan fingerprint density at radius 2 is 1.60 bits per heavy atom. The van der Waals surface area contributed by atoms with Crippen LogP contribution in [0.5, 0.6) is 0 Å². The maximum absolute atomic E-state index is 12.8.